The fourth-order valence-electron chi connectivity index (χ4n) is 2.08. The van der Waals surface area contributed by atoms with Crippen molar-refractivity contribution >= 4 is 24.2 Å². The monoisotopic (exact) mass is 330 g/mol. The first-order valence-corrected chi connectivity index (χ1v) is 8.01. The number of nitrogens with zero attached hydrogens (tertiary/aromatic N) is 2. The summed E-state index contributed by atoms with van der Waals surface area (Å²) in [4.78, 5) is 11.8. The number of aromatic nitrogens is 3. The van der Waals surface area contributed by atoms with Gasteiger partial charge in [-0.05, 0) is 29.3 Å². The molecule has 2 aromatic rings. The van der Waals surface area contributed by atoms with Gasteiger partial charge in [-0.1, -0.05) is 50.3 Å². The van der Waals surface area contributed by atoms with Gasteiger partial charge in [0, 0.05) is 13.5 Å². The average Bonchev–Trinajstić information content (AvgIpc) is 2.85. The largest absolute Gasteiger partial charge is 0.349 e. The van der Waals surface area contributed by atoms with E-state index in [1.54, 1.807) is 4.57 Å². The van der Waals surface area contributed by atoms with Crippen molar-refractivity contribution in [2.45, 2.75) is 32.7 Å². The Morgan fingerprint density at radius 2 is 2.09 bits per heavy atom. The number of hydrogen-bond acceptors (Lipinski definition) is 3. The van der Waals surface area contributed by atoms with Gasteiger partial charge in [-0.15, -0.1) is 0 Å². The van der Waals surface area contributed by atoms with Crippen molar-refractivity contribution in [2.24, 2.45) is 7.05 Å². The number of amides is 1. The molecule has 0 fully saturated rings. The van der Waals surface area contributed by atoms with E-state index in [4.69, 9.17) is 12.2 Å². The number of hydrogen-bond donors (Lipinski definition) is 2. The lowest BCUT2D eigenvalue weighted by Crippen LogP contribution is -2.23. The molecule has 1 aromatic heterocycles. The normalized spacial score (nSPS) is 11.3. The number of rotatable bonds is 6. The number of carbonyl (C=O) groups is 1. The van der Waals surface area contributed by atoms with Crippen molar-refractivity contribution in [3.63, 3.8) is 0 Å². The van der Waals surface area contributed by atoms with Gasteiger partial charge >= 0.3 is 0 Å². The van der Waals surface area contributed by atoms with Crippen molar-refractivity contribution in [3.8, 4) is 0 Å². The van der Waals surface area contributed by atoms with Gasteiger partial charge in [0.1, 0.15) is 0 Å². The van der Waals surface area contributed by atoms with E-state index in [-0.39, 0.29) is 5.91 Å². The first kappa shape index (κ1) is 17.1. The van der Waals surface area contributed by atoms with Crippen molar-refractivity contribution < 1.29 is 4.79 Å². The van der Waals surface area contributed by atoms with Gasteiger partial charge in [0.25, 0.3) is 0 Å². The van der Waals surface area contributed by atoms with Crippen molar-refractivity contribution in [1.82, 2.24) is 20.1 Å². The van der Waals surface area contributed by atoms with E-state index >= 15 is 0 Å². The summed E-state index contributed by atoms with van der Waals surface area (Å²) in [5.74, 6) is 1.18. The maximum absolute atomic E-state index is 11.8. The van der Waals surface area contributed by atoms with Crippen molar-refractivity contribution in [3.05, 3.63) is 52.1 Å². The minimum Gasteiger partial charge on any atom is -0.349 e. The zero-order chi connectivity index (χ0) is 16.8. The van der Waals surface area contributed by atoms with Gasteiger partial charge in [-0.3, -0.25) is 9.89 Å². The van der Waals surface area contributed by atoms with Gasteiger partial charge in [0.15, 0.2) is 10.6 Å². The highest BCUT2D eigenvalue weighted by Crippen LogP contribution is 2.15. The van der Waals surface area contributed by atoms with Gasteiger partial charge < -0.3 is 9.88 Å². The molecule has 0 aliphatic carbocycles. The maximum atomic E-state index is 11.8. The highest BCUT2D eigenvalue weighted by Gasteiger charge is 2.04. The number of benzene rings is 1. The third-order valence-electron chi connectivity index (χ3n) is 3.63. The Kier molecular flexibility index (Phi) is 5.87. The summed E-state index contributed by atoms with van der Waals surface area (Å²) in [7, 11) is 1.81. The number of H-pyrrole nitrogens is 1. The van der Waals surface area contributed by atoms with Gasteiger partial charge in [0.05, 0.1) is 6.54 Å². The van der Waals surface area contributed by atoms with Gasteiger partial charge in [-0.2, -0.15) is 5.10 Å². The summed E-state index contributed by atoms with van der Waals surface area (Å²) in [6, 6.07) is 8.37. The second-order valence-electron chi connectivity index (χ2n) is 5.71. The molecule has 0 saturated heterocycles. The molecule has 23 heavy (non-hydrogen) atoms. The van der Waals surface area contributed by atoms with E-state index < -0.39 is 0 Å². The predicted molar refractivity (Wildman–Crippen MR) is 94.4 cm³/mol. The molecule has 0 unspecified atom stereocenters. The quantitative estimate of drug-likeness (QED) is 0.799. The van der Waals surface area contributed by atoms with Crippen LogP contribution in [0.1, 0.15) is 43.1 Å². The topological polar surface area (TPSA) is 62.7 Å². The highest BCUT2D eigenvalue weighted by molar-refractivity contribution is 7.71. The molecule has 2 rings (SSSR count). The van der Waals surface area contributed by atoms with Crippen LogP contribution in [0.4, 0.5) is 0 Å². The summed E-state index contributed by atoms with van der Waals surface area (Å²) in [6.45, 7) is 4.70. The van der Waals surface area contributed by atoms with Crippen molar-refractivity contribution in [1.29, 1.82) is 0 Å². The summed E-state index contributed by atoms with van der Waals surface area (Å²) in [5, 5.41) is 9.56. The van der Waals surface area contributed by atoms with E-state index in [0.29, 0.717) is 29.5 Å². The first-order valence-electron chi connectivity index (χ1n) is 7.61. The molecular weight excluding hydrogens is 308 g/mol. The van der Waals surface area contributed by atoms with E-state index in [2.05, 4.69) is 53.6 Å². The SMILES string of the molecule is CC(C)c1ccc(/C=C/CC(=O)NCc2n[nH]c(=S)n2C)cc1. The second kappa shape index (κ2) is 7.87. The van der Waals surface area contributed by atoms with Crippen LogP contribution >= 0.6 is 12.2 Å². The summed E-state index contributed by atoms with van der Waals surface area (Å²) >= 11 is 5.02. The molecule has 1 aromatic carbocycles. The molecule has 6 heteroatoms. The molecule has 0 spiro atoms. The molecule has 0 bridgehead atoms. The molecule has 5 nitrogen and oxygen atoms in total. The smallest absolute Gasteiger partial charge is 0.224 e. The Morgan fingerprint density at radius 1 is 1.39 bits per heavy atom. The van der Waals surface area contributed by atoms with E-state index in [0.717, 1.165) is 5.56 Å². The van der Waals surface area contributed by atoms with E-state index in [1.807, 2.05) is 19.2 Å². The van der Waals surface area contributed by atoms with Crippen LogP contribution in [0.5, 0.6) is 0 Å². The summed E-state index contributed by atoms with van der Waals surface area (Å²) in [6.07, 6.45) is 4.16. The lowest BCUT2D eigenvalue weighted by atomic mass is 10.0. The van der Waals surface area contributed by atoms with Crippen LogP contribution in [0.3, 0.4) is 0 Å². The van der Waals surface area contributed by atoms with E-state index in [1.165, 1.54) is 5.56 Å². The van der Waals surface area contributed by atoms with Crippen LogP contribution in [0.15, 0.2) is 30.3 Å². The molecule has 0 atom stereocenters. The molecule has 0 aliphatic rings. The minimum atomic E-state index is -0.0473. The van der Waals surface area contributed by atoms with Crippen LogP contribution in [-0.2, 0) is 18.4 Å². The fourth-order valence-corrected chi connectivity index (χ4v) is 2.23. The second-order valence-corrected chi connectivity index (χ2v) is 6.10. The zero-order valence-electron chi connectivity index (χ0n) is 13.7. The van der Waals surface area contributed by atoms with Crippen LogP contribution in [0.25, 0.3) is 6.08 Å². The van der Waals surface area contributed by atoms with Gasteiger partial charge in [-0.25, -0.2) is 0 Å². The Hall–Kier alpha value is -2.21. The third kappa shape index (κ3) is 4.89. The van der Waals surface area contributed by atoms with Crippen LogP contribution in [0, 0.1) is 4.77 Å². The molecule has 2 N–H and O–H groups in total. The minimum absolute atomic E-state index is 0.0473. The van der Waals surface area contributed by atoms with Crippen LogP contribution in [0.2, 0.25) is 0 Å². The lowest BCUT2D eigenvalue weighted by Gasteiger charge is -2.05. The number of carbonyl (C=O) groups excluding carboxylic acids is 1. The number of aromatic amines is 1. The van der Waals surface area contributed by atoms with Crippen LogP contribution < -0.4 is 5.32 Å². The number of nitrogens with one attached hydrogen (secondary N) is 2. The zero-order valence-corrected chi connectivity index (χ0v) is 14.5. The van der Waals surface area contributed by atoms with Crippen LogP contribution in [-0.4, -0.2) is 20.7 Å². The molecule has 1 amide bonds. The van der Waals surface area contributed by atoms with Crippen molar-refractivity contribution in [2.75, 3.05) is 0 Å². The Labute approximate surface area is 141 Å². The Bertz CT molecular complexity index is 741. The molecule has 1 heterocycles. The Balaban J connectivity index is 1.81. The molecule has 122 valence electrons. The van der Waals surface area contributed by atoms with E-state index in [9.17, 15) is 4.79 Å². The standard InChI is InChI=1S/C17H22N4OS/c1-12(2)14-9-7-13(8-10-14)5-4-6-16(22)18-11-15-19-20-17(23)21(15)3/h4-5,7-10,12H,6,11H2,1-3H3,(H,18,22)(H,20,23)/b5-4+. The first-order chi connectivity index (χ1) is 11.0. The molecule has 0 aliphatic heterocycles. The summed E-state index contributed by atoms with van der Waals surface area (Å²) < 4.78 is 2.28. The lowest BCUT2D eigenvalue weighted by molar-refractivity contribution is -0.120. The molecule has 0 saturated carbocycles. The molecular formula is C17H22N4OS. The fraction of sp³-hybridized carbons (Fsp3) is 0.353. The molecule has 0 radical (unpaired) electrons. The summed E-state index contributed by atoms with van der Waals surface area (Å²) in [5.41, 5.74) is 2.41. The highest BCUT2D eigenvalue weighted by atomic mass is 32.1. The third-order valence-corrected chi connectivity index (χ3v) is 4.00. The van der Waals surface area contributed by atoms with Gasteiger partial charge in [0.2, 0.25) is 5.91 Å². The average molecular weight is 330 g/mol. The Morgan fingerprint density at radius 3 is 2.65 bits per heavy atom. The predicted octanol–water partition coefficient (Wildman–Crippen LogP) is 3.32. The maximum Gasteiger partial charge on any atom is 0.224 e.